The zero-order valence-electron chi connectivity index (χ0n) is 13.0. The van der Waals surface area contributed by atoms with Crippen molar-refractivity contribution in [3.63, 3.8) is 0 Å². The molecule has 0 amide bonds. The molecule has 3 aromatic carbocycles. The molecule has 0 heterocycles. The summed E-state index contributed by atoms with van der Waals surface area (Å²) in [5, 5.41) is 16.4. The fourth-order valence-electron chi connectivity index (χ4n) is 2.92. The summed E-state index contributed by atoms with van der Waals surface area (Å²) in [5.74, 6) is 0. The third kappa shape index (κ3) is 3.43. The van der Waals surface area contributed by atoms with E-state index in [2.05, 4.69) is 36.4 Å². The molecular formula is C19H15LiOSiW. The zero-order chi connectivity index (χ0) is 15.4. The van der Waals surface area contributed by atoms with E-state index in [4.69, 9.17) is 0 Å². The van der Waals surface area contributed by atoms with Crippen molar-refractivity contribution in [1.82, 2.24) is 0 Å². The van der Waals surface area contributed by atoms with Crippen molar-refractivity contribution in [3.8, 4) is 0 Å². The Labute approximate surface area is 161 Å². The Balaban J connectivity index is 0.00000192. The van der Waals surface area contributed by atoms with Gasteiger partial charge in [0.05, 0.1) is 0 Å². The van der Waals surface area contributed by atoms with Crippen LogP contribution >= 0.6 is 0 Å². The van der Waals surface area contributed by atoms with Crippen LogP contribution in [-0.2, 0) is 19.4 Å². The second kappa shape index (κ2) is 8.20. The van der Waals surface area contributed by atoms with Gasteiger partial charge in [0.1, 0.15) is 0 Å². The Morgan fingerprint density at radius 1 is 0.609 bits per heavy atom. The van der Waals surface area contributed by atoms with Gasteiger partial charge in [-0.15, -0.1) is 0 Å². The molecule has 3 rings (SSSR count). The molecule has 0 aliphatic carbocycles. The number of rotatable bonds is 4. The monoisotopic (exact) mass is 478 g/mol. The maximum atomic E-state index is 13.0. The molecule has 0 N–H and O–H groups in total. The Morgan fingerprint density at radius 3 is 1.09 bits per heavy atom. The quantitative estimate of drug-likeness (QED) is 0.307. The van der Waals surface area contributed by atoms with E-state index in [0.717, 1.165) is 34.9 Å². The molecule has 0 saturated carbocycles. The van der Waals surface area contributed by atoms with Gasteiger partial charge in [-0.05, 0) is 0 Å². The third-order valence-corrected chi connectivity index (χ3v) is 11.4. The summed E-state index contributed by atoms with van der Waals surface area (Å²) >= 11 is 1.03. The van der Waals surface area contributed by atoms with E-state index >= 15 is 0 Å². The van der Waals surface area contributed by atoms with Gasteiger partial charge in [-0.3, -0.25) is 0 Å². The summed E-state index contributed by atoms with van der Waals surface area (Å²) in [7, 11) is -2.60. The molecule has 108 valence electrons. The molecule has 0 atom stereocenters. The second-order valence-corrected chi connectivity index (χ2v) is 11.6. The van der Waals surface area contributed by atoms with Gasteiger partial charge in [0.25, 0.3) is 0 Å². The Hall–Kier alpha value is -1.01. The maximum absolute atomic E-state index is 13.0. The molecule has 3 aromatic rings. The van der Waals surface area contributed by atoms with Crippen molar-refractivity contribution in [3.05, 3.63) is 91.0 Å². The SMILES string of the molecule is [Li+].[O-][C](=[W])[Si](c1ccccc1)(c1ccccc1)c1ccccc1. The second-order valence-electron chi connectivity index (χ2n) is 5.14. The van der Waals surface area contributed by atoms with Gasteiger partial charge in [-0.1, -0.05) is 0 Å². The summed E-state index contributed by atoms with van der Waals surface area (Å²) in [6.45, 7) is 0. The molecular weight excluding hydrogens is 463 g/mol. The fourth-order valence-corrected chi connectivity index (χ4v) is 10.5. The third-order valence-electron chi connectivity index (χ3n) is 3.93. The summed E-state index contributed by atoms with van der Waals surface area (Å²) in [6.07, 6.45) is 0. The molecule has 0 fully saturated rings. The van der Waals surface area contributed by atoms with Crippen molar-refractivity contribution < 1.29 is 43.3 Å². The van der Waals surface area contributed by atoms with Crippen LogP contribution in [0.1, 0.15) is 0 Å². The molecule has 0 bridgehead atoms. The minimum absolute atomic E-state index is 0. The molecule has 0 aliphatic heterocycles. The van der Waals surface area contributed by atoms with E-state index < -0.39 is 8.07 Å². The normalized spacial score (nSPS) is 10.7. The molecule has 1 nitrogen and oxygen atoms in total. The van der Waals surface area contributed by atoms with Gasteiger partial charge in [0, 0.05) is 0 Å². The van der Waals surface area contributed by atoms with E-state index in [1.807, 2.05) is 54.6 Å². The Kier molecular flexibility index (Phi) is 6.53. The van der Waals surface area contributed by atoms with E-state index in [9.17, 15) is 5.11 Å². The molecule has 0 saturated heterocycles. The van der Waals surface area contributed by atoms with Gasteiger partial charge in [-0.25, -0.2) is 0 Å². The first-order chi connectivity index (χ1) is 10.8. The van der Waals surface area contributed by atoms with Crippen molar-refractivity contribution in [2.75, 3.05) is 0 Å². The van der Waals surface area contributed by atoms with Crippen molar-refractivity contribution in [2.24, 2.45) is 0 Å². The van der Waals surface area contributed by atoms with Gasteiger partial charge in [0.15, 0.2) is 0 Å². The van der Waals surface area contributed by atoms with Crippen LogP contribution in [0.3, 0.4) is 0 Å². The van der Waals surface area contributed by atoms with Crippen LogP contribution in [0.4, 0.5) is 0 Å². The van der Waals surface area contributed by atoms with Crippen molar-refractivity contribution in [1.29, 1.82) is 0 Å². The summed E-state index contributed by atoms with van der Waals surface area (Å²) in [6, 6.07) is 30.8. The van der Waals surface area contributed by atoms with E-state index in [-0.39, 0.29) is 18.9 Å². The average Bonchev–Trinajstić information content (AvgIpc) is 2.58. The number of hydrogen-bond acceptors (Lipinski definition) is 1. The van der Waals surface area contributed by atoms with E-state index in [0.29, 0.717) is 3.71 Å². The summed E-state index contributed by atoms with van der Waals surface area (Å²) in [4.78, 5) is 0. The predicted octanol–water partition coefficient (Wildman–Crippen LogP) is -2.26. The van der Waals surface area contributed by atoms with Crippen molar-refractivity contribution >= 4 is 27.3 Å². The van der Waals surface area contributed by atoms with E-state index in [1.54, 1.807) is 0 Å². The molecule has 23 heavy (non-hydrogen) atoms. The Morgan fingerprint density at radius 2 is 0.870 bits per heavy atom. The molecule has 0 aliphatic rings. The molecule has 0 unspecified atom stereocenters. The fraction of sp³-hybridized carbons (Fsp3) is 0. The minimum atomic E-state index is -2.60. The first kappa shape index (κ1) is 18.3. The van der Waals surface area contributed by atoms with Crippen LogP contribution in [0.2, 0.25) is 0 Å². The number of hydrogen-bond donors (Lipinski definition) is 0. The molecule has 0 radical (unpaired) electrons. The first-order valence-corrected chi connectivity index (χ1v) is 10.6. The van der Waals surface area contributed by atoms with Gasteiger partial charge >= 0.3 is 162 Å². The van der Waals surface area contributed by atoms with Crippen LogP contribution in [0.5, 0.6) is 0 Å². The van der Waals surface area contributed by atoms with Crippen LogP contribution < -0.4 is 39.5 Å². The molecule has 4 heteroatoms. The summed E-state index contributed by atoms with van der Waals surface area (Å²) in [5.41, 5.74) is 0. The topological polar surface area (TPSA) is 23.1 Å². The summed E-state index contributed by atoms with van der Waals surface area (Å²) < 4.78 is 0.344. The zero-order valence-corrected chi connectivity index (χ0v) is 16.9. The predicted molar refractivity (Wildman–Crippen MR) is 89.0 cm³/mol. The van der Waals surface area contributed by atoms with Crippen LogP contribution in [0.15, 0.2) is 91.0 Å². The number of benzene rings is 3. The van der Waals surface area contributed by atoms with Crippen LogP contribution in [0.25, 0.3) is 0 Å². The van der Waals surface area contributed by atoms with Crippen molar-refractivity contribution in [2.45, 2.75) is 0 Å². The van der Waals surface area contributed by atoms with Gasteiger partial charge < -0.3 is 0 Å². The van der Waals surface area contributed by atoms with Crippen LogP contribution in [-0.4, -0.2) is 11.8 Å². The Bertz CT molecular complexity index is 666. The van der Waals surface area contributed by atoms with Gasteiger partial charge in [-0.2, -0.15) is 0 Å². The van der Waals surface area contributed by atoms with Crippen LogP contribution in [0, 0.1) is 0 Å². The first-order valence-electron chi connectivity index (χ1n) is 7.14. The molecule has 0 spiro atoms. The average molecular weight is 478 g/mol. The van der Waals surface area contributed by atoms with Gasteiger partial charge in [0.2, 0.25) is 0 Å². The molecule has 0 aromatic heterocycles. The standard InChI is InChI=1S/C19H15OSi.Li.W/c20-16-21(17-10-4-1-5-11-17,18-12-6-2-7-13-18)19-14-8-3-9-15-19;;/h1-15H;;/q-1;+1;. The van der Waals surface area contributed by atoms with E-state index in [1.165, 1.54) is 0 Å².